The third kappa shape index (κ3) is 4.22. The Bertz CT molecular complexity index is 1150. The van der Waals surface area contributed by atoms with Crippen LogP contribution in [-0.2, 0) is 6.54 Å². The number of nitrogens with one attached hydrogen (secondary N) is 1. The molecule has 150 valence electrons. The highest BCUT2D eigenvalue weighted by Gasteiger charge is 2.19. The molecule has 0 saturated carbocycles. The van der Waals surface area contributed by atoms with Gasteiger partial charge in [-0.2, -0.15) is 9.67 Å². The SMILES string of the molecule is COc1cccc(C(=O)n2nc(-c3ccc(C)cc3)nc2NCc2ccccc2)c1. The van der Waals surface area contributed by atoms with Crippen LogP contribution in [0.3, 0.4) is 0 Å². The predicted molar refractivity (Wildman–Crippen MR) is 117 cm³/mol. The van der Waals surface area contributed by atoms with Crippen LogP contribution in [0.5, 0.6) is 5.75 Å². The van der Waals surface area contributed by atoms with Crippen molar-refractivity contribution in [1.82, 2.24) is 14.8 Å². The number of aromatic nitrogens is 3. The molecule has 30 heavy (non-hydrogen) atoms. The molecule has 0 saturated heterocycles. The summed E-state index contributed by atoms with van der Waals surface area (Å²) in [7, 11) is 1.57. The lowest BCUT2D eigenvalue weighted by atomic mass is 10.1. The van der Waals surface area contributed by atoms with Crippen LogP contribution < -0.4 is 10.1 Å². The van der Waals surface area contributed by atoms with E-state index in [4.69, 9.17) is 4.74 Å². The number of ether oxygens (including phenoxy) is 1. The maximum absolute atomic E-state index is 13.2. The minimum absolute atomic E-state index is 0.282. The summed E-state index contributed by atoms with van der Waals surface area (Å²) >= 11 is 0. The van der Waals surface area contributed by atoms with Crippen molar-refractivity contribution in [3.05, 3.63) is 95.6 Å². The average molecular weight is 398 g/mol. The van der Waals surface area contributed by atoms with Gasteiger partial charge in [0.05, 0.1) is 7.11 Å². The number of methoxy groups -OCH3 is 1. The second kappa shape index (κ2) is 8.61. The molecule has 0 unspecified atom stereocenters. The van der Waals surface area contributed by atoms with Crippen molar-refractivity contribution in [2.45, 2.75) is 13.5 Å². The van der Waals surface area contributed by atoms with Crippen molar-refractivity contribution in [3.8, 4) is 17.1 Å². The molecule has 1 aromatic heterocycles. The Labute approximate surface area is 175 Å². The molecule has 3 aromatic carbocycles. The molecule has 0 radical (unpaired) electrons. The van der Waals surface area contributed by atoms with E-state index in [1.807, 2.05) is 61.5 Å². The molecule has 0 aliphatic carbocycles. The largest absolute Gasteiger partial charge is 0.497 e. The second-order valence-corrected chi connectivity index (χ2v) is 6.91. The lowest BCUT2D eigenvalue weighted by molar-refractivity contribution is 0.0947. The fourth-order valence-corrected chi connectivity index (χ4v) is 3.05. The van der Waals surface area contributed by atoms with E-state index in [0.29, 0.717) is 29.6 Å². The number of carbonyl (C=O) groups excluding carboxylic acids is 1. The summed E-state index contributed by atoms with van der Waals surface area (Å²) in [5.41, 5.74) is 3.55. The van der Waals surface area contributed by atoms with Gasteiger partial charge in [-0.25, -0.2) is 0 Å². The number of hydrogen-bond acceptors (Lipinski definition) is 5. The summed E-state index contributed by atoms with van der Waals surface area (Å²) in [6.07, 6.45) is 0. The van der Waals surface area contributed by atoms with Crippen LogP contribution in [0.4, 0.5) is 5.95 Å². The van der Waals surface area contributed by atoms with Gasteiger partial charge in [0, 0.05) is 17.7 Å². The molecule has 4 aromatic rings. The summed E-state index contributed by atoms with van der Waals surface area (Å²) < 4.78 is 6.56. The van der Waals surface area contributed by atoms with E-state index in [-0.39, 0.29) is 5.91 Å². The molecular weight excluding hydrogens is 376 g/mol. The van der Waals surface area contributed by atoms with Crippen LogP contribution in [0.1, 0.15) is 21.5 Å². The van der Waals surface area contributed by atoms with Crippen molar-refractivity contribution >= 4 is 11.9 Å². The van der Waals surface area contributed by atoms with E-state index in [9.17, 15) is 4.79 Å². The van der Waals surface area contributed by atoms with Gasteiger partial charge in [-0.1, -0.05) is 66.2 Å². The Hall–Kier alpha value is -3.93. The van der Waals surface area contributed by atoms with E-state index in [0.717, 1.165) is 16.7 Å². The van der Waals surface area contributed by atoms with Crippen LogP contribution in [0.25, 0.3) is 11.4 Å². The molecule has 0 aliphatic heterocycles. The third-order valence-corrected chi connectivity index (χ3v) is 4.72. The van der Waals surface area contributed by atoms with Crippen LogP contribution in [0.2, 0.25) is 0 Å². The number of aryl methyl sites for hydroxylation is 1. The molecule has 0 bridgehead atoms. The monoisotopic (exact) mass is 398 g/mol. The minimum atomic E-state index is -0.282. The molecule has 0 spiro atoms. The van der Waals surface area contributed by atoms with Crippen LogP contribution in [-0.4, -0.2) is 27.8 Å². The standard InChI is InChI=1S/C24H22N4O2/c1-17-11-13-19(14-12-17)22-26-24(25-16-18-7-4-3-5-8-18)28(27-22)23(29)20-9-6-10-21(15-20)30-2/h3-15H,16H2,1-2H3,(H,25,26,27). The Morgan fingerprint density at radius 3 is 2.50 bits per heavy atom. The molecule has 6 heteroatoms. The summed E-state index contributed by atoms with van der Waals surface area (Å²) in [5.74, 6) is 1.21. The molecule has 0 amide bonds. The first-order chi connectivity index (χ1) is 14.6. The minimum Gasteiger partial charge on any atom is -0.497 e. The van der Waals surface area contributed by atoms with Crippen molar-refractivity contribution in [3.63, 3.8) is 0 Å². The van der Waals surface area contributed by atoms with Gasteiger partial charge in [-0.05, 0) is 30.7 Å². The van der Waals surface area contributed by atoms with Gasteiger partial charge in [-0.15, -0.1) is 5.10 Å². The fraction of sp³-hybridized carbons (Fsp3) is 0.125. The van der Waals surface area contributed by atoms with Crippen molar-refractivity contribution < 1.29 is 9.53 Å². The van der Waals surface area contributed by atoms with Crippen LogP contribution >= 0.6 is 0 Å². The van der Waals surface area contributed by atoms with Gasteiger partial charge in [0.25, 0.3) is 5.91 Å². The van der Waals surface area contributed by atoms with E-state index < -0.39 is 0 Å². The average Bonchev–Trinajstić information content (AvgIpc) is 3.22. The first kappa shape index (κ1) is 19.4. The lowest BCUT2D eigenvalue weighted by Crippen LogP contribution is -2.17. The molecule has 1 heterocycles. The zero-order valence-electron chi connectivity index (χ0n) is 16.9. The van der Waals surface area contributed by atoms with Gasteiger partial charge in [0.2, 0.25) is 5.95 Å². The Morgan fingerprint density at radius 1 is 1.00 bits per heavy atom. The second-order valence-electron chi connectivity index (χ2n) is 6.91. The number of rotatable bonds is 6. The van der Waals surface area contributed by atoms with Crippen molar-refractivity contribution in [2.75, 3.05) is 12.4 Å². The molecule has 0 fully saturated rings. The van der Waals surface area contributed by atoms with Crippen molar-refractivity contribution in [2.24, 2.45) is 0 Å². The number of carbonyl (C=O) groups is 1. The highest BCUT2D eigenvalue weighted by Crippen LogP contribution is 2.21. The topological polar surface area (TPSA) is 69.0 Å². The summed E-state index contributed by atoms with van der Waals surface area (Å²) in [5, 5.41) is 7.75. The molecule has 1 N–H and O–H groups in total. The number of anilines is 1. The summed E-state index contributed by atoms with van der Waals surface area (Å²) in [6, 6.07) is 24.8. The summed E-state index contributed by atoms with van der Waals surface area (Å²) in [4.78, 5) is 17.8. The Balaban J connectivity index is 1.70. The quantitative estimate of drug-likeness (QED) is 0.516. The van der Waals surface area contributed by atoms with Gasteiger partial charge in [0.1, 0.15) is 5.75 Å². The third-order valence-electron chi connectivity index (χ3n) is 4.72. The predicted octanol–water partition coefficient (Wildman–Crippen LogP) is 4.56. The molecule has 6 nitrogen and oxygen atoms in total. The highest BCUT2D eigenvalue weighted by atomic mass is 16.5. The first-order valence-electron chi connectivity index (χ1n) is 9.65. The Kier molecular flexibility index (Phi) is 5.57. The van der Waals surface area contributed by atoms with Gasteiger partial charge < -0.3 is 10.1 Å². The smallest absolute Gasteiger partial charge is 0.281 e. The van der Waals surface area contributed by atoms with E-state index in [1.165, 1.54) is 4.68 Å². The number of hydrogen-bond donors (Lipinski definition) is 1. The van der Waals surface area contributed by atoms with Crippen molar-refractivity contribution in [1.29, 1.82) is 0 Å². The number of nitrogens with zero attached hydrogens (tertiary/aromatic N) is 3. The normalized spacial score (nSPS) is 10.6. The molecule has 0 atom stereocenters. The zero-order valence-corrected chi connectivity index (χ0v) is 16.9. The highest BCUT2D eigenvalue weighted by molar-refractivity contribution is 5.97. The maximum atomic E-state index is 13.2. The zero-order chi connectivity index (χ0) is 20.9. The Morgan fingerprint density at radius 2 is 1.77 bits per heavy atom. The van der Waals surface area contributed by atoms with Gasteiger partial charge >= 0.3 is 0 Å². The maximum Gasteiger partial charge on any atom is 0.281 e. The van der Waals surface area contributed by atoms with E-state index >= 15 is 0 Å². The fourth-order valence-electron chi connectivity index (χ4n) is 3.05. The van der Waals surface area contributed by atoms with Gasteiger partial charge in [0.15, 0.2) is 5.82 Å². The lowest BCUT2D eigenvalue weighted by Gasteiger charge is -2.08. The first-order valence-corrected chi connectivity index (χ1v) is 9.65. The molecule has 0 aliphatic rings. The molecule has 4 rings (SSSR count). The number of benzene rings is 3. The molecular formula is C24H22N4O2. The van der Waals surface area contributed by atoms with Crippen LogP contribution in [0.15, 0.2) is 78.9 Å². The summed E-state index contributed by atoms with van der Waals surface area (Å²) in [6.45, 7) is 2.55. The van der Waals surface area contributed by atoms with E-state index in [1.54, 1.807) is 31.4 Å². The van der Waals surface area contributed by atoms with E-state index in [2.05, 4.69) is 15.4 Å². The van der Waals surface area contributed by atoms with Crippen LogP contribution in [0, 0.1) is 6.92 Å². The van der Waals surface area contributed by atoms with Gasteiger partial charge in [-0.3, -0.25) is 4.79 Å².